The van der Waals surface area contributed by atoms with Crippen LogP contribution in [0.3, 0.4) is 0 Å². The van der Waals surface area contributed by atoms with E-state index in [9.17, 15) is 14.3 Å². The van der Waals surface area contributed by atoms with Crippen LogP contribution in [0.2, 0.25) is 0 Å². The van der Waals surface area contributed by atoms with Crippen LogP contribution in [-0.2, 0) is 0 Å². The molecule has 1 amide bonds. The number of para-hydroxylation sites is 1. The lowest BCUT2D eigenvalue weighted by atomic mass is 9.86. The molecule has 2 N–H and O–H groups in total. The number of benzene rings is 1. The third-order valence-corrected chi connectivity index (χ3v) is 3.89. The fourth-order valence-corrected chi connectivity index (χ4v) is 2.72. The first-order chi connectivity index (χ1) is 10.1. The second-order valence-electron chi connectivity index (χ2n) is 5.37. The monoisotopic (exact) mass is 295 g/mol. The first-order valence-electron chi connectivity index (χ1n) is 7.51. The van der Waals surface area contributed by atoms with Crippen LogP contribution in [-0.4, -0.2) is 30.3 Å². The van der Waals surface area contributed by atoms with Gasteiger partial charge in [-0.1, -0.05) is 18.9 Å². The smallest absolute Gasteiger partial charge is 0.255 e. The Labute approximate surface area is 124 Å². The van der Waals surface area contributed by atoms with Crippen LogP contribution in [0.15, 0.2) is 18.2 Å². The quantitative estimate of drug-likeness (QED) is 0.877. The number of amides is 1. The molecule has 0 radical (unpaired) electrons. The van der Waals surface area contributed by atoms with Gasteiger partial charge in [0.15, 0.2) is 11.6 Å². The summed E-state index contributed by atoms with van der Waals surface area (Å²) >= 11 is 0. The normalized spacial score (nSPS) is 21.9. The van der Waals surface area contributed by atoms with Gasteiger partial charge in [-0.05, 0) is 31.9 Å². The van der Waals surface area contributed by atoms with Gasteiger partial charge in [-0.3, -0.25) is 4.79 Å². The lowest BCUT2D eigenvalue weighted by molar-refractivity contribution is 0.0662. The lowest BCUT2D eigenvalue weighted by Gasteiger charge is -2.27. The third-order valence-electron chi connectivity index (χ3n) is 3.89. The number of ether oxygens (including phenoxy) is 1. The second kappa shape index (κ2) is 7.41. The van der Waals surface area contributed by atoms with E-state index in [1.807, 2.05) is 0 Å². The van der Waals surface area contributed by atoms with Crippen molar-refractivity contribution in [2.45, 2.75) is 38.7 Å². The van der Waals surface area contributed by atoms with Crippen molar-refractivity contribution in [3.8, 4) is 5.75 Å². The molecule has 4 nitrogen and oxygen atoms in total. The van der Waals surface area contributed by atoms with Crippen molar-refractivity contribution in [3.63, 3.8) is 0 Å². The lowest BCUT2D eigenvalue weighted by Crippen LogP contribution is -2.36. The highest BCUT2D eigenvalue weighted by molar-refractivity contribution is 5.97. The zero-order valence-corrected chi connectivity index (χ0v) is 12.3. The molecule has 1 aliphatic carbocycles. The van der Waals surface area contributed by atoms with Gasteiger partial charge < -0.3 is 15.2 Å². The SMILES string of the molecule is CCOc1c(F)cccc1C(=O)NC[C@H]1CCCC[C@@H]1O. The second-order valence-corrected chi connectivity index (χ2v) is 5.37. The highest BCUT2D eigenvalue weighted by atomic mass is 19.1. The molecule has 1 aromatic rings. The number of hydrogen-bond acceptors (Lipinski definition) is 3. The molecular formula is C16H22FNO3. The Morgan fingerprint density at radius 3 is 2.90 bits per heavy atom. The van der Waals surface area contributed by atoms with E-state index in [0.29, 0.717) is 13.2 Å². The van der Waals surface area contributed by atoms with Gasteiger partial charge in [0.1, 0.15) is 0 Å². The van der Waals surface area contributed by atoms with Crippen molar-refractivity contribution < 1.29 is 19.0 Å². The molecule has 0 saturated heterocycles. The van der Waals surface area contributed by atoms with E-state index in [0.717, 1.165) is 25.7 Å². The van der Waals surface area contributed by atoms with E-state index < -0.39 is 5.82 Å². The number of carbonyl (C=O) groups is 1. The van der Waals surface area contributed by atoms with Gasteiger partial charge in [-0.15, -0.1) is 0 Å². The van der Waals surface area contributed by atoms with Crippen LogP contribution >= 0.6 is 0 Å². The molecule has 0 aromatic heterocycles. The summed E-state index contributed by atoms with van der Waals surface area (Å²) in [7, 11) is 0. The standard InChI is InChI=1S/C16H22FNO3/c1-2-21-15-12(7-5-8-13(15)17)16(20)18-10-11-6-3-4-9-14(11)19/h5,7-8,11,14,19H,2-4,6,9-10H2,1H3,(H,18,20)/t11-,14+/m1/s1. The van der Waals surface area contributed by atoms with Crippen molar-refractivity contribution in [2.75, 3.05) is 13.2 Å². The van der Waals surface area contributed by atoms with Crippen LogP contribution in [0, 0.1) is 11.7 Å². The summed E-state index contributed by atoms with van der Waals surface area (Å²) in [5.41, 5.74) is 0.196. The van der Waals surface area contributed by atoms with E-state index >= 15 is 0 Å². The predicted molar refractivity (Wildman–Crippen MR) is 77.9 cm³/mol. The number of rotatable bonds is 5. The molecule has 5 heteroatoms. The summed E-state index contributed by atoms with van der Waals surface area (Å²) in [5.74, 6) is -0.841. The topological polar surface area (TPSA) is 58.6 Å². The Hall–Kier alpha value is -1.62. The highest BCUT2D eigenvalue weighted by Crippen LogP contribution is 2.25. The first-order valence-corrected chi connectivity index (χ1v) is 7.51. The predicted octanol–water partition coefficient (Wildman–Crippen LogP) is 2.51. The molecule has 1 saturated carbocycles. The van der Waals surface area contributed by atoms with Gasteiger partial charge in [-0.2, -0.15) is 0 Å². The van der Waals surface area contributed by atoms with E-state index in [1.165, 1.54) is 12.1 Å². The Bertz CT molecular complexity index is 492. The average Bonchev–Trinajstić information content (AvgIpc) is 2.48. The molecule has 1 fully saturated rings. The maximum absolute atomic E-state index is 13.7. The van der Waals surface area contributed by atoms with E-state index in [1.54, 1.807) is 13.0 Å². The summed E-state index contributed by atoms with van der Waals surface area (Å²) in [6.07, 6.45) is 3.43. The molecule has 1 aliphatic rings. The van der Waals surface area contributed by atoms with Gasteiger partial charge in [0.05, 0.1) is 18.3 Å². The van der Waals surface area contributed by atoms with Gasteiger partial charge in [-0.25, -0.2) is 4.39 Å². The summed E-state index contributed by atoms with van der Waals surface area (Å²) in [4.78, 5) is 12.2. The van der Waals surface area contributed by atoms with Crippen LogP contribution in [0.1, 0.15) is 43.0 Å². The summed E-state index contributed by atoms with van der Waals surface area (Å²) in [5, 5.41) is 12.7. The molecule has 0 bridgehead atoms. The molecule has 2 rings (SSSR count). The van der Waals surface area contributed by atoms with Crippen molar-refractivity contribution in [3.05, 3.63) is 29.6 Å². The number of halogens is 1. The van der Waals surface area contributed by atoms with Crippen LogP contribution < -0.4 is 10.1 Å². The molecule has 0 spiro atoms. The van der Waals surface area contributed by atoms with E-state index in [2.05, 4.69) is 5.32 Å². The Balaban J connectivity index is 2.01. The Kier molecular flexibility index (Phi) is 5.56. The number of aliphatic hydroxyl groups is 1. The number of hydrogen-bond donors (Lipinski definition) is 2. The van der Waals surface area contributed by atoms with Crippen molar-refractivity contribution in [2.24, 2.45) is 5.92 Å². The minimum absolute atomic E-state index is 0.0123. The van der Waals surface area contributed by atoms with E-state index in [-0.39, 0.29) is 29.2 Å². The minimum Gasteiger partial charge on any atom is -0.490 e. The van der Waals surface area contributed by atoms with Crippen molar-refractivity contribution >= 4 is 5.91 Å². The Morgan fingerprint density at radius 2 is 2.19 bits per heavy atom. The molecule has 2 atom stereocenters. The van der Waals surface area contributed by atoms with Crippen LogP contribution in [0.4, 0.5) is 4.39 Å². The molecule has 0 unspecified atom stereocenters. The van der Waals surface area contributed by atoms with Crippen LogP contribution in [0.5, 0.6) is 5.75 Å². The van der Waals surface area contributed by atoms with Gasteiger partial charge in [0.25, 0.3) is 5.91 Å². The fraction of sp³-hybridized carbons (Fsp3) is 0.562. The summed E-state index contributed by atoms with van der Waals surface area (Å²) in [6, 6.07) is 4.30. The molecule has 21 heavy (non-hydrogen) atoms. The highest BCUT2D eigenvalue weighted by Gasteiger charge is 2.24. The average molecular weight is 295 g/mol. The maximum Gasteiger partial charge on any atom is 0.255 e. The molecular weight excluding hydrogens is 273 g/mol. The molecule has 1 aromatic carbocycles. The largest absolute Gasteiger partial charge is 0.490 e. The van der Waals surface area contributed by atoms with Crippen LogP contribution in [0.25, 0.3) is 0 Å². The fourth-order valence-electron chi connectivity index (χ4n) is 2.72. The molecule has 116 valence electrons. The van der Waals surface area contributed by atoms with Gasteiger partial charge >= 0.3 is 0 Å². The zero-order valence-electron chi connectivity index (χ0n) is 12.3. The zero-order chi connectivity index (χ0) is 15.2. The Morgan fingerprint density at radius 1 is 1.43 bits per heavy atom. The molecule has 0 heterocycles. The van der Waals surface area contributed by atoms with Gasteiger partial charge in [0.2, 0.25) is 0 Å². The first kappa shape index (κ1) is 15.8. The van der Waals surface area contributed by atoms with Gasteiger partial charge in [0, 0.05) is 12.5 Å². The third kappa shape index (κ3) is 3.94. The summed E-state index contributed by atoms with van der Waals surface area (Å²) in [6.45, 7) is 2.44. The molecule has 0 aliphatic heterocycles. The van der Waals surface area contributed by atoms with Crippen molar-refractivity contribution in [1.82, 2.24) is 5.32 Å². The van der Waals surface area contributed by atoms with E-state index in [4.69, 9.17) is 4.74 Å². The number of carbonyl (C=O) groups excluding carboxylic acids is 1. The number of aliphatic hydroxyl groups excluding tert-OH is 1. The number of nitrogens with one attached hydrogen (secondary N) is 1. The summed E-state index contributed by atoms with van der Waals surface area (Å²) < 4.78 is 18.9. The maximum atomic E-state index is 13.7. The van der Waals surface area contributed by atoms with Crippen molar-refractivity contribution in [1.29, 1.82) is 0 Å². The minimum atomic E-state index is -0.540.